The lowest BCUT2D eigenvalue weighted by Crippen LogP contribution is -2.39. The average molecular weight is 315 g/mol. The molecule has 23 heavy (non-hydrogen) atoms. The number of aromatic nitrogens is 2. The van der Waals surface area contributed by atoms with Crippen LogP contribution in [0.25, 0.3) is 0 Å². The Kier molecular flexibility index (Phi) is 4.74. The molecular formula is C18H22FN3O. The van der Waals surface area contributed by atoms with E-state index in [1.165, 1.54) is 12.1 Å². The number of halogens is 1. The summed E-state index contributed by atoms with van der Waals surface area (Å²) in [6.45, 7) is 3.63. The van der Waals surface area contributed by atoms with Gasteiger partial charge in [-0.05, 0) is 49.4 Å². The molecule has 0 radical (unpaired) electrons. The first-order valence-electron chi connectivity index (χ1n) is 8.15. The number of piperidine rings is 1. The zero-order chi connectivity index (χ0) is 16.2. The number of aromatic amines is 1. The predicted molar refractivity (Wildman–Crippen MR) is 86.6 cm³/mol. The van der Waals surface area contributed by atoms with Gasteiger partial charge in [-0.2, -0.15) is 5.10 Å². The van der Waals surface area contributed by atoms with Crippen LogP contribution in [0, 0.1) is 12.7 Å². The minimum absolute atomic E-state index is 0.177. The van der Waals surface area contributed by atoms with Crippen molar-refractivity contribution >= 4 is 5.91 Å². The first kappa shape index (κ1) is 15.7. The summed E-state index contributed by atoms with van der Waals surface area (Å²) in [6.07, 6.45) is 5.07. The molecule has 3 rings (SSSR count). The Labute approximate surface area is 135 Å². The van der Waals surface area contributed by atoms with E-state index in [0.717, 1.165) is 42.8 Å². The Morgan fingerprint density at radius 3 is 2.87 bits per heavy atom. The Hall–Kier alpha value is -2.17. The lowest BCUT2D eigenvalue weighted by atomic mass is 9.92. The smallest absolute Gasteiger partial charge is 0.222 e. The van der Waals surface area contributed by atoms with Gasteiger partial charge in [0.05, 0.1) is 6.20 Å². The molecular weight excluding hydrogens is 293 g/mol. The summed E-state index contributed by atoms with van der Waals surface area (Å²) < 4.78 is 12.9. The van der Waals surface area contributed by atoms with Gasteiger partial charge in [0.1, 0.15) is 5.82 Å². The van der Waals surface area contributed by atoms with Crippen LogP contribution in [0.1, 0.15) is 42.0 Å². The summed E-state index contributed by atoms with van der Waals surface area (Å²) in [4.78, 5) is 14.4. The Morgan fingerprint density at radius 2 is 2.17 bits per heavy atom. The maximum absolute atomic E-state index is 12.9. The van der Waals surface area contributed by atoms with Crippen molar-refractivity contribution in [2.45, 2.75) is 38.5 Å². The highest BCUT2D eigenvalue weighted by atomic mass is 19.1. The standard InChI is InChI=1S/C18H22FN3O/c1-13-11-20-21-18(13)15-3-2-10-22(12-15)17(23)9-6-14-4-7-16(19)8-5-14/h4-5,7-8,11,15H,2-3,6,9-10,12H2,1H3,(H,20,21). The third-order valence-corrected chi connectivity index (χ3v) is 4.59. The number of rotatable bonds is 4. The number of amides is 1. The molecule has 0 saturated carbocycles. The van der Waals surface area contributed by atoms with E-state index < -0.39 is 0 Å². The summed E-state index contributed by atoms with van der Waals surface area (Å²) in [7, 11) is 0. The molecule has 122 valence electrons. The second kappa shape index (κ2) is 6.94. The number of nitrogens with one attached hydrogen (secondary N) is 1. The minimum Gasteiger partial charge on any atom is -0.342 e. The quantitative estimate of drug-likeness (QED) is 0.942. The van der Waals surface area contributed by atoms with Crippen LogP contribution in [0.2, 0.25) is 0 Å². The van der Waals surface area contributed by atoms with Crippen LogP contribution in [-0.4, -0.2) is 34.1 Å². The summed E-state index contributed by atoms with van der Waals surface area (Å²) in [5.74, 6) is 0.283. The van der Waals surface area contributed by atoms with Crippen molar-refractivity contribution in [1.29, 1.82) is 0 Å². The molecule has 2 heterocycles. The molecule has 4 nitrogen and oxygen atoms in total. The van der Waals surface area contributed by atoms with E-state index in [9.17, 15) is 9.18 Å². The predicted octanol–water partition coefficient (Wildman–Crippen LogP) is 3.20. The fourth-order valence-corrected chi connectivity index (χ4v) is 3.27. The molecule has 0 bridgehead atoms. The molecule has 1 aromatic carbocycles. The van der Waals surface area contributed by atoms with E-state index in [-0.39, 0.29) is 11.7 Å². The van der Waals surface area contributed by atoms with Crippen LogP contribution < -0.4 is 0 Å². The Bertz CT molecular complexity index is 665. The van der Waals surface area contributed by atoms with Crippen LogP contribution in [0.4, 0.5) is 4.39 Å². The normalized spacial score (nSPS) is 18.2. The monoisotopic (exact) mass is 315 g/mol. The molecule has 1 aliphatic heterocycles. The van der Waals surface area contributed by atoms with Crippen LogP contribution >= 0.6 is 0 Å². The highest BCUT2D eigenvalue weighted by Gasteiger charge is 2.26. The summed E-state index contributed by atoms with van der Waals surface area (Å²) in [6, 6.07) is 6.38. The molecule has 0 aliphatic carbocycles. The van der Waals surface area contributed by atoms with Crippen molar-refractivity contribution in [3.8, 4) is 0 Å². The molecule has 1 fully saturated rings. The number of carbonyl (C=O) groups is 1. The first-order valence-corrected chi connectivity index (χ1v) is 8.15. The van der Waals surface area contributed by atoms with Gasteiger partial charge in [-0.1, -0.05) is 12.1 Å². The molecule has 0 spiro atoms. The van der Waals surface area contributed by atoms with Crippen LogP contribution in [0.3, 0.4) is 0 Å². The van der Waals surface area contributed by atoms with Gasteiger partial charge in [0, 0.05) is 31.1 Å². The lowest BCUT2D eigenvalue weighted by molar-refractivity contribution is -0.132. The summed E-state index contributed by atoms with van der Waals surface area (Å²) in [5, 5.41) is 7.17. The van der Waals surface area contributed by atoms with Gasteiger partial charge >= 0.3 is 0 Å². The van der Waals surface area contributed by atoms with E-state index in [1.54, 1.807) is 12.1 Å². The maximum atomic E-state index is 12.9. The number of aryl methyl sites for hydroxylation is 2. The number of hydrogen-bond donors (Lipinski definition) is 1. The third kappa shape index (κ3) is 3.78. The molecule has 1 aromatic heterocycles. The van der Waals surface area contributed by atoms with Crippen molar-refractivity contribution in [3.63, 3.8) is 0 Å². The number of H-pyrrole nitrogens is 1. The van der Waals surface area contributed by atoms with Gasteiger partial charge in [0.25, 0.3) is 0 Å². The second-order valence-corrected chi connectivity index (χ2v) is 6.27. The van der Waals surface area contributed by atoms with Crippen molar-refractivity contribution in [2.75, 3.05) is 13.1 Å². The van der Waals surface area contributed by atoms with Gasteiger partial charge < -0.3 is 4.90 Å². The lowest BCUT2D eigenvalue weighted by Gasteiger charge is -2.32. The first-order chi connectivity index (χ1) is 11.1. The van der Waals surface area contributed by atoms with Crippen LogP contribution in [0.15, 0.2) is 30.5 Å². The summed E-state index contributed by atoms with van der Waals surface area (Å²) in [5.41, 5.74) is 3.31. The maximum Gasteiger partial charge on any atom is 0.222 e. The molecule has 1 unspecified atom stereocenters. The van der Waals surface area contributed by atoms with Crippen molar-refractivity contribution in [1.82, 2.24) is 15.1 Å². The fraction of sp³-hybridized carbons (Fsp3) is 0.444. The number of carbonyl (C=O) groups excluding carboxylic acids is 1. The van der Waals surface area contributed by atoms with Crippen molar-refractivity contribution < 1.29 is 9.18 Å². The van der Waals surface area contributed by atoms with Gasteiger partial charge in [-0.15, -0.1) is 0 Å². The minimum atomic E-state index is -0.242. The summed E-state index contributed by atoms with van der Waals surface area (Å²) >= 11 is 0. The zero-order valence-electron chi connectivity index (χ0n) is 13.4. The average Bonchev–Trinajstić information content (AvgIpc) is 3.00. The Morgan fingerprint density at radius 1 is 1.39 bits per heavy atom. The fourth-order valence-electron chi connectivity index (χ4n) is 3.27. The van der Waals surface area contributed by atoms with Crippen LogP contribution in [-0.2, 0) is 11.2 Å². The van der Waals surface area contributed by atoms with E-state index >= 15 is 0 Å². The van der Waals surface area contributed by atoms with Gasteiger partial charge in [-0.3, -0.25) is 9.89 Å². The number of benzene rings is 1. The largest absolute Gasteiger partial charge is 0.342 e. The van der Waals surface area contributed by atoms with E-state index in [0.29, 0.717) is 18.8 Å². The molecule has 1 aliphatic rings. The second-order valence-electron chi connectivity index (χ2n) is 6.27. The third-order valence-electron chi connectivity index (χ3n) is 4.59. The number of hydrogen-bond acceptors (Lipinski definition) is 2. The number of nitrogens with zero attached hydrogens (tertiary/aromatic N) is 2. The molecule has 1 N–H and O–H groups in total. The van der Waals surface area contributed by atoms with Gasteiger partial charge in [-0.25, -0.2) is 4.39 Å². The highest BCUT2D eigenvalue weighted by Crippen LogP contribution is 2.27. The van der Waals surface area contributed by atoms with E-state index in [4.69, 9.17) is 0 Å². The molecule has 1 saturated heterocycles. The highest BCUT2D eigenvalue weighted by molar-refractivity contribution is 5.76. The van der Waals surface area contributed by atoms with E-state index in [1.807, 2.05) is 18.0 Å². The SMILES string of the molecule is Cc1cn[nH]c1C1CCCN(C(=O)CCc2ccc(F)cc2)C1. The van der Waals surface area contributed by atoms with Crippen LogP contribution in [0.5, 0.6) is 0 Å². The molecule has 5 heteroatoms. The Balaban J connectivity index is 1.56. The number of likely N-dealkylation sites (tertiary alicyclic amines) is 1. The topological polar surface area (TPSA) is 49.0 Å². The zero-order valence-corrected chi connectivity index (χ0v) is 13.4. The van der Waals surface area contributed by atoms with Gasteiger partial charge in [0.15, 0.2) is 0 Å². The molecule has 2 aromatic rings. The van der Waals surface area contributed by atoms with E-state index in [2.05, 4.69) is 10.2 Å². The van der Waals surface area contributed by atoms with Crippen molar-refractivity contribution in [2.24, 2.45) is 0 Å². The molecule has 1 atom stereocenters. The van der Waals surface area contributed by atoms with Crippen molar-refractivity contribution in [3.05, 3.63) is 53.1 Å². The molecule has 1 amide bonds. The van der Waals surface area contributed by atoms with Gasteiger partial charge in [0.2, 0.25) is 5.91 Å².